The number of nitrogens with zero attached hydrogens (tertiary/aromatic N) is 5. The maximum Gasteiger partial charge on any atom is 0.197 e. The van der Waals surface area contributed by atoms with Crippen LogP contribution in [0.15, 0.2) is 10.7 Å². The molecule has 0 saturated carbocycles. The van der Waals surface area contributed by atoms with Crippen LogP contribution in [0.25, 0.3) is 11.5 Å². The summed E-state index contributed by atoms with van der Waals surface area (Å²) < 4.78 is 7.53. The van der Waals surface area contributed by atoms with Crippen molar-refractivity contribution in [1.29, 1.82) is 0 Å². The van der Waals surface area contributed by atoms with E-state index in [1.54, 1.807) is 11.3 Å². The Morgan fingerprint density at radius 3 is 2.84 bits per heavy atom. The summed E-state index contributed by atoms with van der Waals surface area (Å²) in [5, 5.41) is 10.2. The summed E-state index contributed by atoms with van der Waals surface area (Å²) in [6.45, 7) is 7.65. The van der Waals surface area contributed by atoms with Gasteiger partial charge < -0.3 is 8.98 Å². The molecular formula is C12H18N6O. The normalized spacial score (nSPS) is 19.9. The fourth-order valence-electron chi connectivity index (χ4n) is 2.25. The van der Waals surface area contributed by atoms with Gasteiger partial charge in [0.15, 0.2) is 17.5 Å². The van der Waals surface area contributed by atoms with Gasteiger partial charge in [0.1, 0.15) is 12.0 Å². The Labute approximate surface area is 111 Å². The Balaban J connectivity index is 2.00. The highest BCUT2D eigenvalue weighted by Crippen LogP contribution is 2.27. The first-order valence-electron chi connectivity index (χ1n) is 6.48. The van der Waals surface area contributed by atoms with Crippen molar-refractivity contribution in [1.82, 2.24) is 24.8 Å². The Bertz CT molecular complexity index is 587. The Morgan fingerprint density at radius 1 is 1.37 bits per heavy atom. The molecule has 0 spiro atoms. The number of hydrogen-bond donors (Lipinski definition) is 1. The van der Waals surface area contributed by atoms with Gasteiger partial charge in [0.2, 0.25) is 0 Å². The predicted octanol–water partition coefficient (Wildman–Crippen LogP) is 1.31. The van der Waals surface area contributed by atoms with Gasteiger partial charge in [0.25, 0.3) is 0 Å². The van der Waals surface area contributed by atoms with E-state index in [4.69, 9.17) is 10.3 Å². The molecule has 1 aliphatic rings. The molecule has 3 rings (SSSR count). The van der Waals surface area contributed by atoms with Crippen LogP contribution in [0.5, 0.6) is 0 Å². The summed E-state index contributed by atoms with van der Waals surface area (Å²) in [4.78, 5) is 4.47. The van der Waals surface area contributed by atoms with Gasteiger partial charge in [-0.25, -0.2) is 9.99 Å². The van der Waals surface area contributed by atoms with E-state index >= 15 is 0 Å². The average molecular weight is 262 g/mol. The lowest BCUT2D eigenvalue weighted by Gasteiger charge is -2.29. The minimum Gasteiger partial charge on any atom is -0.448 e. The highest BCUT2D eigenvalue weighted by Gasteiger charge is 2.27. The number of hydrogen-bond acceptors (Lipinski definition) is 6. The zero-order valence-electron chi connectivity index (χ0n) is 11.4. The largest absolute Gasteiger partial charge is 0.448 e. The predicted molar refractivity (Wildman–Crippen MR) is 68.9 cm³/mol. The molecule has 2 aromatic heterocycles. The van der Waals surface area contributed by atoms with Gasteiger partial charge in [-0.3, -0.25) is 5.84 Å². The molecule has 3 heterocycles. The average Bonchev–Trinajstić information content (AvgIpc) is 2.99. The van der Waals surface area contributed by atoms with Gasteiger partial charge in [0, 0.05) is 19.0 Å². The molecular weight excluding hydrogens is 244 g/mol. The van der Waals surface area contributed by atoms with Crippen LogP contribution in [0.1, 0.15) is 44.4 Å². The van der Waals surface area contributed by atoms with E-state index in [2.05, 4.69) is 19.7 Å². The van der Waals surface area contributed by atoms with E-state index in [0.717, 1.165) is 36.3 Å². The second-order valence-electron chi connectivity index (χ2n) is 5.17. The molecule has 0 bridgehead atoms. The van der Waals surface area contributed by atoms with Crippen LogP contribution in [0.4, 0.5) is 0 Å². The third-order valence-corrected chi connectivity index (χ3v) is 3.48. The smallest absolute Gasteiger partial charge is 0.197 e. The Hall–Kier alpha value is -1.73. The Kier molecular flexibility index (Phi) is 2.87. The SMILES string of the molecule is CC(C)c1nc(-c2nnc3n2CCN(N)[C@@H]3C)co1. The van der Waals surface area contributed by atoms with Gasteiger partial charge in [-0.05, 0) is 6.92 Å². The molecule has 102 valence electrons. The molecule has 2 aromatic rings. The molecule has 7 heteroatoms. The van der Waals surface area contributed by atoms with Crippen LogP contribution < -0.4 is 5.84 Å². The van der Waals surface area contributed by atoms with Crippen molar-refractivity contribution < 1.29 is 4.42 Å². The summed E-state index contributed by atoms with van der Waals surface area (Å²) in [5.41, 5.74) is 0.736. The third-order valence-electron chi connectivity index (χ3n) is 3.48. The third kappa shape index (κ3) is 1.95. The van der Waals surface area contributed by atoms with E-state index in [1.165, 1.54) is 0 Å². The summed E-state index contributed by atoms with van der Waals surface area (Å²) in [5.74, 6) is 8.51. The second kappa shape index (κ2) is 4.43. The van der Waals surface area contributed by atoms with Gasteiger partial charge in [-0.2, -0.15) is 0 Å². The first kappa shape index (κ1) is 12.3. The maximum atomic E-state index is 5.90. The van der Waals surface area contributed by atoms with Crippen LogP contribution in [-0.4, -0.2) is 31.3 Å². The molecule has 1 atom stereocenters. The number of oxazole rings is 1. The Morgan fingerprint density at radius 2 is 2.16 bits per heavy atom. The standard InChI is InChI=1S/C12H18N6O/c1-7(2)12-14-9(6-19-12)11-16-15-10-8(3)18(13)5-4-17(10)11/h6-8H,4-5,13H2,1-3H3/t8-/m1/s1. The van der Waals surface area contributed by atoms with Crippen molar-refractivity contribution in [2.24, 2.45) is 5.84 Å². The first-order chi connectivity index (χ1) is 9.08. The molecule has 0 aliphatic carbocycles. The monoisotopic (exact) mass is 262 g/mol. The van der Waals surface area contributed by atoms with Crippen molar-refractivity contribution in [3.05, 3.63) is 18.0 Å². The number of aromatic nitrogens is 4. The minimum atomic E-state index is 0.0615. The summed E-state index contributed by atoms with van der Waals surface area (Å²) >= 11 is 0. The van der Waals surface area contributed by atoms with Gasteiger partial charge in [0.05, 0.1) is 6.04 Å². The number of hydrazine groups is 1. The number of rotatable bonds is 2. The van der Waals surface area contributed by atoms with Crippen LogP contribution in [0, 0.1) is 0 Å². The maximum absolute atomic E-state index is 5.90. The molecule has 0 saturated heterocycles. The molecule has 7 nitrogen and oxygen atoms in total. The molecule has 2 N–H and O–H groups in total. The topological polar surface area (TPSA) is 86.0 Å². The molecule has 1 aliphatic heterocycles. The summed E-state index contributed by atoms with van der Waals surface area (Å²) in [6.07, 6.45) is 1.64. The van der Waals surface area contributed by atoms with Crippen molar-refractivity contribution in [2.75, 3.05) is 6.54 Å². The molecule has 0 amide bonds. The lowest BCUT2D eigenvalue weighted by Crippen LogP contribution is -2.41. The van der Waals surface area contributed by atoms with E-state index < -0.39 is 0 Å². The van der Waals surface area contributed by atoms with Crippen LogP contribution in [0.2, 0.25) is 0 Å². The van der Waals surface area contributed by atoms with Crippen LogP contribution >= 0.6 is 0 Å². The highest BCUT2D eigenvalue weighted by atomic mass is 16.3. The summed E-state index contributed by atoms with van der Waals surface area (Å²) in [7, 11) is 0. The quantitative estimate of drug-likeness (QED) is 0.821. The number of nitrogens with two attached hydrogens (primary N) is 1. The zero-order valence-corrected chi connectivity index (χ0v) is 11.4. The molecule has 0 aromatic carbocycles. The number of fused-ring (bicyclic) bond motifs is 1. The molecule has 19 heavy (non-hydrogen) atoms. The second-order valence-corrected chi connectivity index (χ2v) is 5.17. The van der Waals surface area contributed by atoms with Gasteiger partial charge in [-0.1, -0.05) is 13.8 Å². The van der Waals surface area contributed by atoms with Crippen molar-refractivity contribution >= 4 is 0 Å². The molecule has 0 fully saturated rings. The minimum absolute atomic E-state index is 0.0615. The molecule has 0 radical (unpaired) electrons. The lowest BCUT2D eigenvalue weighted by molar-refractivity contribution is 0.168. The fraction of sp³-hybridized carbons (Fsp3) is 0.583. The van der Waals surface area contributed by atoms with E-state index in [9.17, 15) is 0 Å². The highest BCUT2D eigenvalue weighted by molar-refractivity contribution is 5.48. The lowest BCUT2D eigenvalue weighted by atomic mass is 10.2. The van der Waals surface area contributed by atoms with Crippen molar-refractivity contribution in [2.45, 2.75) is 39.3 Å². The zero-order chi connectivity index (χ0) is 13.6. The van der Waals surface area contributed by atoms with E-state index in [0.29, 0.717) is 0 Å². The van der Waals surface area contributed by atoms with Gasteiger partial charge >= 0.3 is 0 Å². The fourth-order valence-corrected chi connectivity index (χ4v) is 2.25. The van der Waals surface area contributed by atoms with Crippen LogP contribution in [-0.2, 0) is 6.54 Å². The van der Waals surface area contributed by atoms with Gasteiger partial charge in [-0.15, -0.1) is 10.2 Å². The molecule has 0 unspecified atom stereocenters. The van der Waals surface area contributed by atoms with Crippen molar-refractivity contribution in [3.8, 4) is 11.5 Å². The van der Waals surface area contributed by atoms with E-state index in [1.807, 2.05) is 20.8 Å². The van der Waals surface area contributed by atoms with Crippen molar-refractivity contribution in [3.63, 3.8) is 0 Å². The summed E-state index contributed by atoms with van der Waals surface area (Å²) in [6, 6.07) is 0.0615. The van der Waals surface area contributed by atoms with Crippen LogP contribution in [0.3, 0.4) is 0 Å². The first-order valence-corrected chi connectivity index (χ1v) is 6.48. The van der Waals surface area contributed by atoms with E-state index in [-0.39, 0.29) is 12.0 Å².